The van der Waals surface area contributed by atoms with Gasteiger partial charge in [-0.2, -0.15) is 0 Å². The average molecular weight is 497 g/mol. The lowest BCUT2D eigenvalue weighted by Crippen LogP contribution is -2.41. The highest BCUT2D eigenvalue weighted by molar-refractivity contribution is 7.92. The quantitative estimate of drug-likeness (QED) is 0.441. The Hall–Kier alpha value is -2.81. The van der Waals surface area contributed by atoms with Crippen LogP contribution < -0.4 is 14.4 Å². The number of benzene rings is 3. The number of sulfonamides is 1. The predicted molar refractivity (Wildman–Crippen MR) is 122 cm³/mol. The summed E-state index contributed by atoms with van der Waals surface area (Å²) >= 11 is 12.0. The first kappa shape index (κ1) is 23.8. The van der Waals surface area contributed by atoms with Crippen LogP contribution in [0.2, 0.25) is 10.0 Å². The molecule has 0 spiro atoms. The van der Waals surface area contributed by atoms with Crippen LogP contribution in [0.25, 0.3) is 0 Å². The van der Waals surface area contributed by atoms with Crippen molar-refractivity contribution < 1.29 is 22.3 Å². The molecule has 168 valence electrons. The summed E-state index contributed by atoms with van der Waals surface area (Å²) in [6.45, 7) is -0.238. The van der Waals surface area contributed by atoms with E-state index in [1.807, 2.05) is 0 Å². The molecule has 0 atom stereocenters. The first-order chi connectivity index (χ1) is 15.3. The van der Waals surface area contributed by atoms with Crippen LogP contribution in [0.4, 0.5) is 10.1 Å². The number of nitrogens with zero attached hydrogens (tertiary/aromatic N) is 1. The molecule has 0 fully saturated rings. The Balaban J connectivity index is 1.71. The number of halogens is 3. The van der Waals surface area contributed by atoms with E-state index in [2.05, 4.69) is 5.32 Å². The van der Waals surface area contributed by atoms with Crippen molar-refractivity contribution in [3.8, 4) is 5.75 Å². The van der Waals surface area contributed by atoms with Crippen LogP contribution in [0.5, 0.6) is 5.75 Å². The van der Waals surface area contributed by atoms with E-state index in [0.29, 0.717) is 5.75 Å². The van der Waals surface area contributed by atoms with Gasteiger partial charge in [-0.05, 0) is 54.6 Å². The number of nitrogens with one attached hydrogen (secondary N) is 1. The molecule has 0 saturated carbocycles. The van der Waals surface area contributed by atoms with Gasteiger partial charge in [0.25, 0.3) is 10.0 Å². The SMILES string of the molecule is O=C(CN(c1ccc(Cl)c(Cl)c1)S(=O)(=O)c1ccccc1)NCCOc1ccc(F)cc1. The molecule has 0 aliphatic carbocycles. The largest absolute Gasteiger partial charge is 0.492 e. The van der Waals surface area contributed by atoms with Gasteiger partial charge in [-0.3, -0.25) is 9.10 Å². The molecule has 0 aliphatic heterocycles. The third-order valence-electron chi connectivity index (χ3n) is 4.32. The molecule has 0 aromatic heterocycles. The number of anilines is 1. The van der Waals surface area contributed by atoms with Crippen molar-refractivity contribution in [3.63, 3.8) is 0 Å². The molecule has 0 aliphatic rings. The fourth-order valence-corrected chi connectivity index (χ4v) is 4.48. The minimum atomic E-state index is -4.05. The number of hydrogen-bond donors (Lipinski definition) is 1. The van der Waals surface area contributed by atoms with E-state index < -0.39 is 22.5 Å². The highest BCUT2D eigenvalue weighted by atomic mass is 35.5. The molecule has 3 rings (SSSR count). The molecular weight excluding hydrogens is 478 g/mol. The maximum absolute atomic E-state index is 13.2. The zero-order chi connectivity index (χ0) is 23.1. The molecule has 0 saturated heterocycles. The van der Waals surface area contributed by atoms with Crippen LogP contribution in [0, 0.1) is 5.82 Å². The van der Waals surface area contributed by atoms with Crippen molar-refractivity contribution in [1.29, 1.82) is 0 Å². The number of hydrogen-bond acceptors (Lipinski definition) is 4. The van der Waals surface area contributed by atoms with E-state index in [0.717, 1.165) is 4.31 Å². The van der Waals surface area contributed by atoms with Crippen LogP contribution in [0.3, 0.4) is 0 Å². The van der Waals surface area contributed by atoms with Crippen molar-refractivity contribution in [2.24, 2.45) is 0 Å². The van der Waals surface area contributed by atoms with Crippen molar-refractivity contribution in [3.05, 3.63) is 88.7 Å². The summed E-state index contributed by atoms with van der Waals surface area (Å²) in [5.41, 5.74) is 0.195. The fourth-order valence-electron chi connectivity index (χ4n) is 2.75. The van der Waals surface area contributed by atoms with Crippen LogP contribution >= 0.6 is 23.2 Å². The lowest BCUT2D eigenvalue weighted by molar-refractivity contribution is -0.119. The van der Waals surface area contributed by atoms with Gasteiger partial charge >= 0.3 is 0 Å². The smallest absolute Gasteiger partial charge is 0.264 e. The normalized spacial score (nSPS) is 11.1. The molecule has 3 aromatic carbocycles. The summed E-state index contributed by atoms with van der Waals surface area (Å²) in [6, 6.07) is 17.5. The summed E-state index contributed by atoms with van der Waals surface area (Å²) in [4.78, 5) is 12.6. The van der Waals surface area contributed by atoms with Crippen LogP contribution in [-0.2, 0) is 14.8 Å². The van der Waals surface area contributed by atoms with Gasteiger partial charge in [0.1, 0.15) is 24.7 Å². The molecule has 1 amide bonds. The van der Waals surface area contributed by atoms with Gasteiger partial charge in [0.15, 0.2) is 0 Å². The Morgan fingerprint density at radius 1 is 0.969 bits per heavy atom. The molecule has 6 nitrogen and oxygen atoms in total. The molecule has 3 aromatic rings. The average Bonchev–Trinajstić information content (AvgIpc) is 2.79. The molecule has 0 unspecified atom stereocenters. The molecule has 10 heteroatoms. The van der Waals surface area contributed by atoms with E-state index >= 15 is 0 Å². The Bertz CT molecular complexity index is 1180. The first-order valence-electron chi connectivity index (χ1n) is 9.45. The van der Waals surface area contributed by atoms with E-state index in [1.54, 1.807) is 18.2 Å². The minimum Gasteiger partial charge on any atom is -0.492 e. The van der Waals surface area contributed by atoms with Crippen LogP contribution in [0.1, 0.15) is 0 Å². The summed E-state index contributed by atoms with van der Waals surface area (Å²) in [5.74, 6) is -0.476. The second-order valence-corrected chi connectivity index (χ2v) is 9.25. The number of rotatable bonds is 9. The third-order valence-corrected chi connectivity index (χ3v) is 6.84. The van der Waals surface area contributed by atoms with E-state index in [-0.39, 0.29) is 39.6 Å². The second kappa shape index (κ2) is 10.7. The topological polar surface area (TPSA) is 75.7 Å². The van der Waals surface area contributed by atoms with Gasteiger partial charge in [0.05, 0.1) is 27.2 Å². The molecular formula is C22H19Cl2FN2O4S. The maximum Gasteiger partial charge on any atom is 0.264 e. The van der Waals surface area contributed by atoms with Gasteiger partial charge in [0, 0.05) is 0 Å². The van der Waals surface area contributed by atoms with Crippen LogP contribution in [0.15, 0.2) is 77.7 Å². The molecule has 1 N–H and O–H groups in total. The lowest BCUT2D eigenvalue weighted by Gasteiger charge is -2.24. The highest BCUT2D eigenvalue weighted by Gasteiger charge is 2.27. The van der Waals surface area contributed by atoms with Crippen LogP contribution in [-0.4, -0.2) is 34.0 Å². The summed E-state index contributed by atoms with van der Waals surface area (Å²) in [5, 5.41) is 3.03. The van der Waals surface area contributed by atoms with Crippen molar-refractivity contribution in [2.75, 3.05) is 24.0 Å². The third kappa shape index (κ3) is 6.12. The second-order valence-electron chi connectivity index (χ2n) is 6.58. The van der Waals surface area contributed by atoms with Gasteiger partial charge in [-0.15, -0.1) is 0 Å². The predicted octanol–water partition coefficient (Wildman–Crippen LogP) is 4.52. The van der Waals surface area contributed by atoms with Gasteiger partial charge < -0.3 is 10.1 Å². The number of carbonyl (C=O) groups is 1. The van der Waals surface area contributed by atoms with E-state index in [9.17, 15) is 17.6 Å². The molecule has 0 radical (unpaired) electrons. The Morgan fingerprint density at radius 2 is 1.66 bits per heavy atom. The Morgan fingerprint density at radius 3 is 2.31 bits per heavy atom. The van der Waals surface area contributed by atoms with E-state index in [4.69, 9.17) is 27.9 Å². The Labute approximate surface area is 195 Å². The summed E-state index contributed by atoms with van der Waals surface area (Å²) in [7, 11) is -4.05. The monoisotopic (exact) mass is 496 g/mol. The zero-order valence-corrected chi connectivity index (χ0v) is 19.0. The first-order valence-corrected chi connectivity index (χ1v) is 11.6. The maximum atomic E-state index is 13.2. The number of carbonyl (C=O) groups excluding carboxylic acids is 1. The van der Waals surface area contributed by atoms with E-state index in [1.165, 1.54) is 54.6 Å². The van der Waals surface area contributed by atoms with Crippen molar-refractivity contribution >= 4 is 44.8 Å². The van der Waals surface area contributed by atoms with Crippen molar-refractivity contribution in [2.45, 2.75) is 4.90 Å². The van der Waals surface area contributed by atoms with Crippen molar-refractivity contribution in [1.82, 2.24) is 5.32 Å². The lowest BCUT2D eigenvalue weighted by atomic mass is 10.3. The Kier molecular flexibility index (Phi) is 7.95. The van der Waals surface area contributed by atoms with Gasteiger partial charge in [-0.1, -0.05) is 41.4 Å². The molecule has 0 heterocycles. The highest BCUT2D eigenvalue weighted by Crippen LogP contribution is 2.30. The summed E-state index contributed by atoms with van der Waals surface area (Å²) < 4.78 is 45.7. The number of amides is 1. The van der Waals surface area contributed by atoms with Gasteiger partial charge in [-0.25, -0.2) is 12.8 Å². The number of ether oxygens (including phenoxy) is 1. The molecule has 32 heavy (non-hydrogen) atoms. The standard InChI is InChI=1S/C22H19Cl2FN2O4S/c23-20-11-8-17(14-21(20)24)27(32(29,30)19-4-2-1-3-5-19)15-22(28)26-12-13-31-18-9-6-16(25)7-10-18/h1-11,14H,12-13,15H2,(H,26,28). The molecule has 0 bridgehead atoms. The minimum absolute atomic E-state index is 0.0264. The zero-order valence-electron chi connectivity index (χ0n) is 16.7. The van der Waals surface area contributed by atoms with Gasteiger partial charge in [0.2, 0.25) is 5.91 Å². The fraction of sp³-hybridized carbons (Fsp3) is 0.136. The summed E-state index contributed by atoms with van der Waals surface area (Å²) in [6.07, 6.45) is 0.